The quantitative estimate of drug-likeness (QED) is 0.790. The number of nitrogens with zero attached hydrogens (tertiary/aromatic N) is 1. The van der Waals surface area contributed by atoms with Gasteiger partial charge in [-0.25, -0.2) is 0 Å². The van der Waals surface area contributed by atoms with Crippen molar-refractivity contribution in [3.63, 3.8) is 0 Å². The van der Waals surface area contributed by atoms with Crippen LogP contribution in [0.2, 0.25) is 0 Å². The SMILES string of the molecule is CC[C@H](N)c1cccc(C#N)c1.Cl. The van der Waals surface area contributed by atoms with Crippen LogP contribution >= 0.6 is 12.4 Å². The van der Waals surface area contributed by atoms with Crippen molar-refractivity contribution in [2.24, 2.45) is 5.73 Å². The molecule has 0 fully saturated rings. The van der Waals surface area contributed by atoms with E-state index in [1.807, 2.05) is 25.1 Å². The van der Waals surface area contributed by atoms with Gasteiger partial charge >= 0.3 is 0 Å². The van der Waals surface area contributed by atoms with Gasteiger partial charge in [-0.05, 0) is 24.1 Å². The van der Waals surface area contributed by atoms with E-state index in [0.717, 1.165) is 12.0 Å². The standard InChI is InChI=1S/C10H12N2.ClH/c1-2-10(12)9-5-3-4-8(6-9)7-11;/h3-6,10H,2,12H2,1H3;1H/t10-;/m0./s1. The molecular formula is C10H13ClN2. The number of halogens is 1. The fourth-order valence-corrected chi connectivity index (χ4v) is 1.07. The third-order valence-corrected chi connectivity index (χ3v) is 1.88. The molecule has 0 amide bonds. The summed E-state index contributed by atoms with van der Waals surface area (Å²) in [6.45, 7) is 2.03. The van der Waals surface area contributed by atoms with Gasteiger partial charge in [-0.1, -0.05) is 19.1 Å². The zero-order valence-electron chi connectivity index (χ0n) is 7.53. The average molecular weight is 197 g/mol. The van der Waals surface area contributed by atoms with E-state index < -0.39 is 0 Å². The van der Waals surface area contributed by atoms with E-state index in [1.165, 1.54) is 0 Å². The highest BCUT2D eigenvalue weighted by molar-refractivity contribution is 5.85. The van der Waals surface area contributed by atoms with Crippen LogP contribution in [0.25, 0.3) is 0 Å². The molecular weight excluding hydrogens is 184 g/mol. The van der Waals surface area contributed by atoms with Crippen LogP contribution in [0.15, 0.2) is 24.3 Å². The molecule has 0 aromatic heterocycles. The lowest BCUT2D eigenvalue weighted by atomic mass is 10.0. The largest absolute Gasteiger partial charge is 0.324 e. The molecule has 0 bridgehead atoms. The maximum absolute atomic E-state index is 8.63. The summed E-state index contributed by atoms with van der Waals surface area (Å²) in [6, 6.07) is 9.59. The first kappa shape index (κ1) is 12.0. The Labute approximate surface area is 84.8 Å². The van der Waals surface area contributed by atoms with E-state index in [1.54, 1.807) is 6.07 Å². The van der Waals surface area contributed by atoms with Crippen molar-refractivity contribution >= 4 is 12.4 Å². The predicted octanol–water partition coefficient (Wildman–Crippen LogP) is 2.39. The maximum Gasteiger partial charge on any atom is 0.0991 e. The molecule has 0 saturated carbocycles. The molecule has 0 heterocycles. The molecule has 0 unspecified atom stereocenters. The maximum atomic E-state index is 8.63. The topological polar surface area (TPSA) is 49.8 Å². The molecule has 13 heavy (non-hydrogen) atoms. The molecule has 1 rings (SSSR count). The number of hydrogen-bond acceptors (Lipinski definition) is 2. The Balaban J connectivity index is 0.00000144. The molecule has 0 aliphatic heterocycles. The molecule has 3 heteroatoms. The van der Waals surface area contributed by atoms with Crippen LogP contribution in [0.5, 0.6) is 0 Å². The first-order valence-electron chi connectivity index (χ1n) is 4.03. The summed E-state index contributed by atoms with van der Waals surface area (Å²) in [7, 11) is 0. The molecule has 1 aromatic carbocycles. The van der Waals surface area contributed by atoms with Crippen LogP contribution in [0, 0.1) is 11.3 Å². The number of nitriles is 1. The summed E-state index contributed by atoms with van der Waals surface area (Å²) in [5, 5.41) is 8.63. The zero-order valence-corrected chi connectivity index (χ0v) is 8.34. The number of hydrogen-bond donors (Lipinski definition) is 1. The summed E-state index contributed by atoms with van der Waals surface area (Å²) >= 11 is 0. The van der Waals surface area contributed by atoms with Crippen molar-refractivity contribution in [2.45, 2.75) is 19.4 Å². The van der Waals surface area contributed by atoms with Crippen molar-refractivity contribution in [2.75, 3.05) is 0 Å². The van der Waals surface area contributed by atoms with Crippen molar-refractivity contribution < 1.29 is 0 Å². The first-order chi connectivity index (χ1) is 5.77. The van der Waals surface area contributed by atoms with Crippen molar-refractivity contribution in [1.82, 2.24) is 0 Å². The summed E-state index contributed by atoms with van der Waals surface area (Å²) in [5.74, 6) is 0. The lowest BCUT2D eigenvalue weighted by Crippen LogP contribution is -2.08. The molecule has 0 spiro atoms. The van der Waals surface area contributed by atoms with Crippen LogP contribution in [-0.4, -0.2) is 0 Å². The smallest absolute Gasteiger partial charge is 0.0991 e. The van der Waals surface area contributed by atoms with Gasteiger partial charge in [0, 0.05) is 6.04 Å². The molecule has 70 valence electrons. The van der Waals surface area contributed by atoms with E-state index in [2.05, 4.69) is 6.07 Å². The third-order valence-electron chi connectivity index (χ3n) is 1.88. The van der Waals surface area contributed by atoms with Gasteiger partial charge in [0.25, 0.3) is 0 Å². The highest BCUT2D eigenvalue weighted by Gasteiger charge is 2.02. The Kier molecular flexibility index (Phi) is 5.13. The van der Waals surface area contributed by atoms with Crippen molar-refractivity contribution in [3.05, 3.63) is 35.4 Å². The van der Waals surface area contributed by atoms with E-state index >= 15 is 0 Å². The number of rotatable bonds is 2. The van der Waals surface area contributed by atoms with Crippen molar-refractivity contribution in [3.8, 4) is 6.07 Å². The zero-order chi connectivity index (χ0) is 8.97. The van der Waals surface area contributed by atoms with Gasteiger partial charge in [0.05, 0.1) is 11.6 Å². The molecule has 0 saturated heterocycles. The highest BCUT2D eigenvalue weighted by atomic mass is 35.5. The number of benzene rings is 1. The summed E-state index contributed by atoms with van der Waals surface area (Å²) in [4.78, 5) is 0. The Bertz CT molecular complexity index is 304. The molecule has 2 N–H and O–H groups in total. The monoisotopic (exact) mass is 196 g/mol. The van der Waals surface area contributed by atoms with E-state index in [9.17, 15) is 0 Å². The van der Waals surface area contributed by atoms with Crippen molar-refractivity contribution in [1.29, 1.82) is 5.26 Å². The molecule has 1 atom stereocenters. The normalized spacial score (nSPS) is 11.2. The Morgan fingerprint density at radius 2 is 2.23 bits per heavy atom. The van der Waals surface area contributed by atoms with E-state index in [0.29, 0.717) is 5.56 Å². The summed E-state index contributed by atoms with van der Waals surface area (Å²) < 4.78 is 0. The van der Waals surface area contributed by atoms with E-state index in [4.69, 9.17) is 11.0 Å². The Morgan fingerprint density at radius 3 is 2.77 bits per heavy atom. The molecule has 1 aromatic rings. The van der Waals surface area contributed by atoms with E-state index in [-0.39, 0.29) is 18.4 Å². The van der Waals surface area contributed by atoms with Gasteiger partial charge in [-0.3, -0.25) is 0 Å². The molecule has 0 radical (unpaired) electrons. The van der Waals surface area contributed by atoms with Crippen LogP contribution in [0.4, 0.5) is 0 Å². The minimum absolute atomic E-state index is 0. The van der Waals surface area contributed by atoms with Crippen LogP contribution in [0.3, 0.4) is 0 Å². The van der Waals surface area contributed by atoms with Gasteiger partial charge in [0.1, 0.15) is 0 Å². The van der Waals surface area contributed by atoms with Crippen LogP contribution in [-0.2, 0) is 0 Å². The van der Waals surface area contributed by atoms with Crippen LogP contribution in [0.1, 0.15) is 30.5 Å². The predicted molar refractivity (Wildman–Crippen MR) is 55.6 cm³/mol. The molecule has 0 aliphatic carbocycles. The third kappa shape index (κ3) is 3.06. The second-order valence-electron chi connectivity index (χ2n) is 2.75. The molecule has 0 aliphatic rings. The Morgan fingerprint density at radius 1 is 1.54 bits per heavy atom. The first-order valence-corrected chi connectivity index (χ1v) is 4.03. The lowest BCUT2D eigenvalue weighted by Gasteiger charge is -2.08. The van der Waals surface area contributed by atoms with Gasteiger partial charge in [0.2, 0.25) is 0 Å². The van der Waals surface area contributed by atoms with Crippen LogP contribution < -0.4 is 5.73 Å². The van der Waals surface area contributed by atoms with Gasteiger partial charge in [0.15, 0.2) is 0 Å². The highest BCUT2D eigenvalue weighted by Crippen LogP contribution is 2.14. The summed E-state index contributed by atoms with van der Waals surface area (Å²) in [6.07, 6.45) is 0.898. The number of nitrogens with two attached hydrogens (primary N) is 1. The minimum atomic E-state index is 0. The molecule has 2 nitrogen and oxygen atoms in total. The van der Waals surface area contributed by atoms with Gasteiger partial charge in [-0.2, -0.15) is 5.26 Å². The second-order valence-corrected chi connectivity index (χ2v) is 2.75. The average Bonchev–Trinajstić information content (AvgIpc) is 2.17. The lowest BCUT2D eigenvalue weighted by molar-refractivity contribution is 0.698. The minimum Gasteiger partial charge on any atom is -0.324 e. The summed E-state index contributed by atoms with van der Waals surface area (Å²) in [5.41, 5.74) is 7.52. The fourth-order valence-electron chi connectivity index (χ4n) is 1.07. The van der Waals surface area contributed by atoms with Gasteiger partial charge in [-0.15, -0.1) is 12.4 Å². The Hall–Kier alpha value is -1.04. The fraction of sp³-hybridized carbons (Fsp3) is 0.300. The van der Waals surface area contributed by atoms with Gasteiger partial charge < -0.3 is 5.73 Å². The second kappa shape index (κ2) is 5.58.